The summed E-state index contributed by atoms with van der Waals surface area (Å²) in [6, 6.07) is 1.71. The zero-order valence-electron chi connectivity index (χ0n) is 13.1. The highest BCUT2D eigenvalue weighted by Gasteiger charge is 2.34. The van der Waals surface area contributed by atoms with E-state index in [1.54, 1.807) is 12.1 Å². The molecule has 1 atom stereocenters. The summed E-state index contributed by atoms with van der Waals surface area (Å²) in [6.07, 6.45) is -0.669. The van der Waals surface area contributed by atoms with Crippen molar-refractivity contribution in [3.05, 3.63) is 40.3 Å². The SMILES string of the molecule is CC/C=C(/c1ncc(CO)cc1P)N(C)/C(Cl)=C(\C)C(F)(F)F. The summed E-state index contributed by atoms with van der Waals surface area (Å²) >= 11 is 5.93. The van der Waals surface area contributed by atoms with Gasteiger partial charge >= 0.3 is 6.18 Å². The predicted molar refractivity (Wildman–Crippen MR) is 90.1 cm³/mol. The molecule has 3 nitrogen and oxygen atoms in total. The highest BCUT2D eigenvalue weighted by Crippen LogP contribution is 2.33. The van der Waals surface area contributed by atoms with Gasteiger partial charge in [0.25, 0.3) is 0 Å². The molecule has 0 saturated carbocycles. The van der Waals surface area contributed by atoms with Crippen LogP contribution in [0.2, 0.25) is 0 Å². The van der Waals surface area contributed by atoms with Gasteiger partial charge in [-0.15, -0.1) is 9.24 Å². The minimum atomic E-state index is -4.50. The molecule has 1 heterocycles. The third-order valence-corrected chi connectivity index (χ3v) is 4.16. The Morgan fingerprint density at radius 3 is 2.52 bits per heavy atom. The summed E-state index contributed by atoms with van der Waals surface area (Å²) in [7, 11) is 3.93. The van der Waals surface area contributed by atoms with Crippen molar-refractivity contribution in [2.75, 3.05) is 7.05 Å². The summed E-state index contributed by atoms with van der Waals surface area (Å²) in [5, 5.41) is 9.38. The molecule has 0 aliphatic carbocycles. The number of aliphatic hydroxyl groups excluding tert-OH is 1. The number of halogens is 4. The number of alkyl halides is 3. The molecule has 0 aliphatic rings. The van der Waals surface area contributed by atoms with E-state index in [1.165, 1.54) is 18.1 Å². The quantitative estimate of drug-likeness (QED) is 0.636. The zero-order chi connectivity index (χ0) is 17.8. The number of rotatable bonds is 5. The van der Waals surface area contributed by atoms with Crippen LogP contribution >= 0.6 is 20.8 Å². The predicted octanol–water partition coefficient (Wildman–Crippen LogP) is 3.79. The van der Waals surface area contributed by atoms with Gasteiger partial charge in [-0.3, -0.25) is 4.98 Å². The zero-order valence-corrected chi connectivity index (χ0v) is 15.0. The number of allylic oxidation sites excluding steroid dienone is 2. The molecule has 0 bridgehead atoms. The monoisotopic (exact) mass is 366 g/mol. The molecule has 0 aliphatic heterocycles. The number of aliphatic hydroxyl groups is 1. The van der Waals surface area contributed by atoms with Crippen LogP contribution in [0.15, 0.2) is 29.1 Å². The second-order valence-corrected chi connectivity index (χ2v) is 5.89. The lowest BCUT2D eigenvalue weighted by molar-refractivity contribution is -0.0924. The average molecular weight is 367 g/mol. The van der Waals surface area contributed by atoms with Gasteiger partial charge in [0.1, 0.15) is 5.16 Å². The van der Waals surface area contributed by atoms with Crippen LogP contribution in [0, 0.1) is 0 Å². The fraction of sp³-hybridized carbons (Fsp3) is 0.400. The normalized spacial score (nSPS) is 13.9. The maximum absolute atomic E-state index is 12.9. The van der Waals surface area contributed by atoms with Crippen LogP contribution in [0.4, 0.5) is 13.2 Å². The van der Waals surface area contributed by atoms with Crippen molar-refractivity contribution in [3.63, 3.8) is 0 Å². The molecule has 1 aromatic rings. The highest BCUT2D eigenvalue weighted by molar-refractivity contribution is 7.27. The molecule has 0 radical (unpaired) electrons. The van der Waals surface area contributed by atoms with Crippen molar-refractivity contribution < 1.29 is 18.3 Å². The van der Waals surface area contributed by atoms with Gasteiger partial charge in [0.2, 0.25) is 0 Å². The first-order chi connectivity index (χ1) is 10.6. The van der Waals surface area contributed by atoms with Gasteiger partial charge in [-0.05, 0) is 30.3 Å². The summed E-state index contributed by atoms with van der Waals surface area (Å²) in [5.74, 6) is 0. The molecule has 0 saturated heterocycles. The molecule has 1 rings (SSSR count). The second-order valence-electron chi connectivity index (χ2n) is 4.91. The maximum Gasteiger partial charge on any atom is 0.415 e. The highest BCUT2D eigenvalue weighted by atomic mass is 35.5. The third-order valence-electron chi connectivity index (χ3n) is 3.19. The van der Waals surface area contributed by atoms with Crippen LogP contribution in [0.3, 0.4) is 0 Å². The Balaban J connectivity index is 3.36. The van der Waals surface area contributed by atoms with E-state index in [2.05, 4.69) is 14.2 Å². The molecule has 0 aromatic carbocycles. The van der Waals surface area contributed by atoms with Crippen LogP contribution in [-0.2, 0) is 6.61 Å². The number of hydrogen-bond donors (Lipinski definition) is 1. The molecule has 1 unspecified atom stereocenters. The van der Waals surface area contributed by atoms with Crippen LogP contribution in [0.1, 0.15) is 31.5 Å². The van der Waals surface area contributed by atoms with Crippen molar-refractivity contribution in [2.24, 2.45) is 0 Å². The molecule has 23 heavy (non-hydrogen) atoms. The van der Waals surface area contributed by atoms with Crippen molar-refractivity contribution in [2.45, 2.75) is 33.1 Å². The molecular weight excluding hydrogens is 348 g/mol. The fourth-order valence-electron chi connectivity index (χ4n) is 1.89. The lowest BCUT2D eigenvalue weighted by Gasteiger charge is -2.25. The first kappa shape index (κ1) is 19.9. The van der Waals surface area contributed by atoms with Crippen molar-refractivity contribution >= 4 is 31.8 Å². The Morgan fingerprint density at radius 2 is 2.09 bits per heavy atom. The summed E-state index contributed by atoms with van der Waals surface area (Å²) in [6.45, 7) is 2.64. The van der Waals surface area contributed by atoms with Gasteiger partial charge in [-0.1, -0.05) is 24.6 Å². The van der Waals surface area contributed by atoms with Gasteiger partial charge in [0, 0.05) is 13.2 Å². The summed E-state index contributed by atoms with van der Waals surface area (Å²) < 4.78 is 38.6. The molecule has 8 heteroatoms. The number of nitrogens with zero attached hydrogens (tertiary/aromatic N) is 2. The van der Waals surface area contributed by atoms with Gasteiger partial charge in [-0.2, -0.15) is 13.2 Å². The van der Waals surface area contributed by atoms with E-state index < -0.39 is 16.9 Å². The molecule has 0 fully saturated rings. The third kappa shape index (κ3) is 4.93. The van der Waals surface area contributed by atoms with Gasteiger partial charge in [0.05, 0.1) is 23.6 Å². The fourth-order valence-corrected chi connectivity index (χ4v) is 2.52. The Kier molecular flexibility index (Phi) is 7.05. The summed E-state index contributed by atoms with van der Waals surface area (Å²) in [5.41, 5.74) is 0.701. The van der Waals surface area contributed by atoms with E-state index in [0.29, 0.717) is 28.7 Å². The smallest absolute Gasteiger partial charge is 0.392 e. The molecular formula is C15H19ClF3N2OP. The lowest BCUT2D eigenvalue weighted by Crippen LogP contribution is -2.22. The van der Waals surface area contributed by atoms with Crippen molar-refractivity contribution in [1.82, 2.24) is 9.88 Å². The van der Waals surface area contributed by atoms with E-state index in [0.717, 1.165) is 6.92 Å². The van der Waals surface area contributed by atoms with E-state index >= 15 is 0 Å². The number of pyridine rings is 1. The standard InChI is InChI=1S/C15H19ClF3N2OP/c1-4-5-11(13-12(23)6-10(8-22)7-20-13)21(3)14(16)9(2)15(17,18)19/h5-7,22H,4,8,23H2,1-3H3/b11-5-,14-9+. The van der Waals surface area contributed by atoms with Gasteiger partial charge in [-0.25, -0.2) is 0 Å². The molecule has 0 amide bonds. The molecule has 0 spiro atoms. The van der Waals surface area contributed by atoms with Crippen LogP contribution in [0.25, 0.3) is 5.70 Å². The Morgan fingerprint density at radius 1 is 1.48 bits per heavy atom. The molecule has 128 valence electrons. The maximum atomic E-state index is 12.9. The Bertz CT molecular complexity index is 630. The van der Waals surface area contributed by atoms with E-state index in [-0.39, 0.29) is 6.61 Å². The average Bonchev–Trinajstić information content (AvgIpc) is 2.49. The van der Waals surface area contributed by atoms with Gasteiger partial charge in [0.15, 0.2) is 0 Å². The Hall–Kier alpha value is -1.10. The minimum Gasteiger partial charge on any atom is -0.392 e. The minimum absolute atomic E-state index is 0.162. The van der Waals surface area contributed by atoms with E-state index in [1.807, 2.05) is 6.92 Å². The first-order valence-electron chi connectivity index (χ1n) is 6.86. The van der Waals surface area contributed by atoms with Crippen LogP contribution < -0.4 is 5.30 Å². The first-order valence-corrected chi connectivity index (χ1v) is 7.82. The Labute approximate surface area is 141 Å². The molecule has 1 aromatic heterocycles. The van der Waals surface area contributed by atoms with E-state index in [9.17, 15) is 13.2 Å². The number of hydrogen-bond acceptors (Lipinski definition) is 3. The van der Waals surface area contributed by atoms with Crippen molar-refractivity contribution in [3.8, 4) is 0 Å². The molecule has 1 N–H and O–H groups in total. The lowest BCUT2D eigenvalue weighted by atomic mass is 10.2. The second kappa shape index (κ2) is 8.13. The summed E-state index contributed by atoms with van der Waals surface area (Å²) in [4.78, 5) is 5.51. The van der Waals surface area contributed by atoms with Crippen molar-refractivity contribution in [1.29, 1.82) is 0 Å². The largest absolute Gasteiger partial charge is 0.415 e. The van der Waals surface area contributed by atoms with E-state index in [4.69, 9.17) is 16.7 Å². The van der Waals surface area contributed by atoms with Crippen LogP contribution in [-0.4, -0.2) is 28.2 Å². The van der Waals surface area contributed by atoms with Gasteiger partial charge < -0.3 is 10.0 Å². The topological polar surface area (TPSA) is 36.4 Å². The number of aromatic nitrogens is 1. The van der Waals surface area contributed by atoms with Crippen LogP contribution in [0.5, 0.6) is 0 Å².